The molecule has 1 heterocycles. The summed E-state index contributed by atoms with van der Waals surface area (Å²) < 4.78 is 16.8. The summed E-state index contributed by atoms with van der Waals surface area (Å²) in [7, 11) is 4.97. The molecule has 0 saturated carbocycles. The van der Waals surface area contributed by atoms with E-state index in [4.69, 9.17) is 14.2 Å². The molecule has 2 aliphatic rings. The summed E-state index contributed by atoms with van der Waals surface area (Å²) in [6.07, 6.45) is 6.25. The van der Waals surface area contributed by atoms with Crippen molar-refractivity contribution in [1.82, 2.24) is 4.90 Å². The third kappa shape index (κ3) is 4.02. The van der Waals surface area contributed by atoms with Gasteiger partial charge < -0.3 is 19.1 Å². The summed E-state index contributed by atoms with van der Waals surface area (Å²) in [4.78, 5) is 16.0. The molecular formula is C31H33NO4. The molecule has 1 amide bonds. The van der Waals surface area contributed by atoms with Crippen LogP contribution < -0.4 is 14.2 Å². The molecule has 5 heteroatoms. The van der Waals surface area contributed by atoms with E-state index in [1.807, 2.05) is 42.5 Å². The zero-order valence-electron chi connectivity index (χ0n) is 21.4. The lowest BCUT2D eigenvalue weighted by Gasteiger charge is -2.32. The summed E-state index contributed by atoms with van der Waals surface area (Å²) >= 11 is 0. The number of methoxy groups -OCH3 is 3. The minimum atomic E-state index is -0.432. The van der Waals surface area contributed by atoms with Crippen LogP contribution >= 0.6 is 0 Å². The molecule has 1 fully saturated rings. The molecule has 3 aromatic carbocycles. The van der Waals surface area contributed by atoms with Gasteiger partial charge in [0.2, 0.25) is 5.91 Å². The van der Waals surface area contributed by atoms with Crippen LogP contribution in [-0.2, 0) is 11.3 Å². The number of fused-ring (bicyclic) bond motifs is 1. The van der Waals surface area contributed by atoms with E-state index in [-0.39, 0.29) is 17.9 Å². The molecule has 0 bridgehead atoms. The largest absolute Gasteiger partial charge is 0.496 e. The van der Waals surface area contributed by atoms with E-state index in [0.29, 0.717) is 18.0 Å². The first-order valence-electron chi connectivity index (χ1n) is 12.4. The number of hydrogen-bond donors (Lipinski definition) is 0. The molecule has 3 aromatic rings. The molecule has 1 aliphatic carbocycles. The maximum Gasteiger partial charge on any atom is 0.230 e. The van der Waals surface area contributed by atoms with Crippen LogP contribution in [0.4, 0.5) is 0 Å². The number of hydrogen-bond acceptors (Lipinski definition) is 4. The number of rotatable bonds is 7. The number of nitrogens with zero attached hydrogens (tertiary/aromatic N) is 1. The minimum Gasteiger partial charge on any atom is -0.496 e. The molecule has 0 radical (unpaired) electrons. The van der Waals surface area contributed by atoms with Crippen LogP contribution in [0, 0.1) is 11.3 Å². The lowest BCUT2D eigenvalue weighted by atomic mass is 9.69. The third-order valence-electron chi connectivity index (χ3n) is 7.80. The van der Waals surface area contributed by atoms with Crippen molar-refractivity contribution in [3.63, 3.8) is 0 Å². The molecule has 0 N–H and O–H groups in total. The fraction of sp³-hybridized carbons (Fsp3) is 0.323. The standard InChI is InChI=1S/C31H33NO4/c1-31-17-9-8-12-25(31)29(32(30(31)33)20-21-10-6-5-7-11-21)24-18-22(13-15-26(24)34-2)23-14-16-27(35-3)28(19-23)36-4/h5-8,10-16,18-19,25,29H,9,17,20H2,1-4H3/t25?,29?,31-/m1/s1. The van der Waals surface area contributed by atoms with Crippen LogP contribution in [0.3, 0.4) is 0 Å². The number of allylic oxidation sites excluding steroid dienone is 1. The molecule has 2 unspecified atom stereocenters. The number of likely N-dealkylation sites (tertiary alicyclic amines) is 1. The Kier molecular flexibility index (Phi) is 6.48. The zero-order valence-corrected chi connectivity index (χ0v) is 21.4. The van der Waals surface area contributed by atoms with Gasteiger partial charge in [-0.15, -0.1) is 0 Å². The summed E-state index contributed by atoms with van der Waals surface area (Å²) in [6.45, 7) is 2.69. The van der Waals surface area contributed by atoms with E-state index >= 15 is 0 Å². The second-order valence-electron chi connectivity index (χ2n) is 9.80. The summed E-state index contributed by atoms with van der Waals surface area (Å²) in [5.74, 6) is 2.44. The quantitative estimate of drug-likeness (QED) is 0.363. The van der Waals surface area contributed by atoms with Gasteiger partial charge in [-0.25, -0.2) is 0 Å². The Labute approximate surface area is 213 Å². The predicted molar refractivity (Wildman–Crippen MR) is 141 cm³/mol. The van der Waals surface area contributed by atoms with Crippen molar-refractivity contribution in [2.45, 2.75) is 32.4 Å². The SMILES string of the molecule is COc1ccc(-c2ccc(OC)c(C3C4C=CCC[C@@]4(C)C(=O)N3Cc3ccccc3)c2)cc1OC. The zero-order chi connectivity index (χ0) is 25.3. The molecular weight excluding hydrogens is 450 g/mol. The first-order valence-corrected chi connectivity index (χ1v) is 12.4. The first-order chi connectivity index (χ1) is 17.5. The summed E-state index contributed by atoms with van der Waals surface area (Å²) in [6, 6.07) is 22.3. The van der Waals surface area contributed by atoms with Crippen LogP contribution in [0.15, 0.2) is 78.9 Å². The van der Waals surface area contributed by atoms with Gasteiger partial charge >= 0.3 is 0 Å². The lowest BCUT2D eigenvalue weighted by molar-refractivity contribution is -0.137. The first kappa shape index (κ1) is 24.0. The maximum absolute atomic E-state index is 14.0. The second-order valence-corrected chi connectivity index (χ2v) is 9.80. The Morgan fingerprint density at radius 2 is 1.53 bits per heavy atom. The van der Waals surface area contributed by atoms with Crippen molar-refractivity contribution in [2.24, 2.45) is 11.3 Å². The fourth-order valence-electron chi connectivity index (χ4n) is 5.83. The monoisotopic (exact) mass is 483 g/mol. The fourth-order valence-corrected chi connectivity index (χ4v) is 5.83. The molecule has 36 heavy (non-hydrogen) atoms. The van der Waals surface area contributed by atoms with E-state index in [0.717, 1.165) is 40.8 Å². The number of ether oxygens (including phenoxy) is 3. The average molecular weight is 484 g/mol. The Bertz CT molecular complexity index is 1280. The Morgan fingerprint density at radius 1 is 0.861 bits per heavy atom. The second kappa shape index (κ2) is 9.73. The van der Waals surface area contributed by atoms with Crippen molar-refractivity contribution in [2.75, 3.05) is 21.3 Å². The van der Waals surface area contributed by atoms with Crippen LogP contribution in [0.25, 0.3) is 11.1 Å². The Hall–Kier alpha value is -3.73. The highest BCUT2D eigenvalue weighted by Gasteiger charge is 2.56. The van der Waals surface area contributed by atoms with Crippen LogP contribution in [0.5, 0.6) is 17.2 Å². The summed E-state index contributed by atoms with van der Waals surface area (Å²) in [5.41, 5.74) is 3.76. The van der Waals surface area contributed by atoms with Crippen molar-refractivity contribution in [1.29, 1.82) is 0 Å². The van der Waals surface area contributed by atoms with Crippen LogP contribution in [0.1, 0.15) is 36.9 Å². The van der Waals surface area contributed by atoms with Crippen LogP contribution in [0.2, 0.25) is 0 Å². The highest BCUT2D eigenvalue weighted by molar-refractivity contribution is 5.87. The molecule has 186 valence electrons. The number of benzene rings is 3. The van der Waals surface area contributed by atoms with E-state index in [9.17, 15) is 4.79 Å². The molecule has 0 spiro atoms. The highest BCUT2D eigenvalue weighted by atomic mass is 16.5. The molecule has 0 aromatic heterocycles. The predicted octanol–water partition coefficient (Wildman–Crippen LogP) is 6.44. The van der Waals surface area contributed by atoms with Gasteiger partial charge in [-0.3, -0.25) is 4.79 Å². The normalized spacial score (nSPS) is 22.9. The van der Waals surface area contributed by atoms with Gasteiger partial charge in [0.05, 0.1) is 32.8 Å². The van der Waals surface area contributed by atoms with Gasteiger partial charge in [0.25, 0.3) is 0 Å². The van der Waals surface area contributed by atoms with Crippen LogP contribution in [-0.4, -0.2) is 32.1 Å². The number of amides is 1. The van der Waals surface area contributed by atoms with E-state index in [2.05, 4.69) is 48.2 Å². The lowest BCUT2D eigenvalue weighted by Crippen LogP contribution is -2.34. The molecule has 1 saturated heterocycles. The van der Waals surface area contributed by atoms with Gasteiger partial charge in [-0.05, 0) is 53.8 Å². The minimum absolute atomic E-state index is 0.0667. The molecule has 3 atom stereocenters. The van der Waals surface area contributed by atoms with Gasteiger partial charge in [0.15, 0.2) is 11.5 Å². The summed E-state index contributed by atoms with van der Waals surface area (Å²) in [5, 5.41) is 0. The smallest absolute Gasteiger partial charge is 0.230 e. The van der Waals surface area contributed by atoms with Gasteiger partial charge in [0.1, 0.15) is 5.75 Å². The van der Waals surface area contributed by atoms with Gasteiger partial charge in [-0.1, -0.05) is 61.5 Å². The molecule has 5 rings (SSSR count). The number of carbonyl (C=O) groups excluding carboxylic acids is 1. The van der Waals surface area contributed by atoms with E-state index in [1.165, 1.54) is 0 Å². The Morgan fingerprint density at radius 3 is 2.22 bits per heavy atom. The third-order valence-corrected chi connectivity index (χ3v) is 7.80. The van der Waals surface area contributed by atoms with E-state index in [1.54, 1.807) is 21.3 Å². The highest BCUT2D eigenvalue weighted by Crippen LogP contribution is 2.56. The Balaban J connectivity index is 1.63. The molecule has 1 aliphatic heterocycles. The maximum atomic E-state index is 14.0. The van der Waals surface area contributed by atoms with Gasteiger partial charge in [-0.2, -0.15) is 0 Å². The average Bonchev–Trinajstić information content (AvgIpc) is 3.14. The van der Waals surface area contributed by atoms with Crippen molar-refractivity contribution in [3.05, 3.63) is 90.0 Å². The number of carbonyl (C=O) groups is 1. The van der Waals surface area contributed by atoms with E-state index < -0.39 is 5.41 Å². The molecule has 5 nitrogen and oxygen atoms in total. The van der Waals surface area contributed by atoms with Crippen molar-refractivity contribution >= 4 is 5.91 Å². The van der Waals surface area contributed by atoms with Gasteiger partial charge in [0, 0.05) is 18.0 Å². The van der Waals surface area contributed by atoms with Crippen molar-refractivity contribution < 1.29 is 19.0 Å². The topological polar surface area (TPSA) is 48.0 Å². The van der Waals surface area contributed by atoms with Crippen molar-refractivity contribution in [3.8, 4) is 28.4 Å².